The first-order valence-corrected chi connectivity index (χ1v) is 7.61. The quantitative estimate of drug-likeness (QED) is 0.723. The van der Waals surface area contributed by atoms with Crippen molar-refractivity contribution in [1.29, 1.82) is 0 Å². The Hall–Kier alpha value is -2.37. The van der Waals surface area contributed by atoms with E-state index in [0.29, 0.717) is 11.9 Å². The van der Waals surface area contributed by atoms with Gasteiger partial charge in [-0.1, -0.05) is 11.2 Å². The van der Waals surface area contributed by atoms with Gasteiger partial charge in [0.15, 0.2) is 11.4 Å². The van der Waals surface area contributed by atoms with E-state index in [1.807, 2.05) is 25.1 Å². The molecule has 1 aromatic carbocycles. The average Bonchev–Trinajstić information content (AvgIpc) is 3.13. The van der Waals surface area contributed by atoms with Crippen LogP contribution in [0.15, 0.2) is 27.1 Å². The minimum absolute atomic E-state index is 0.267. The Bertz CT molecular complexity index is 807. The summed E-state index contributed by atoms with van der Waals surface area (Å²) >= 11 is 0. The molecule has 0 saturated carbocycles. The SMILES string of the molecule is Cc1ccc2oc(N3CCCC(c4noc(C)n4)C3)nc2c1. The Morgan fingerprint density at radius 2 is 2.14 bits per heavy atom. The van der Waals surface area contributed by atoms with E-state index in [9.17, 15) is 0 Å². The van der Waals surface area contributed by atoms with Crippen LogP contribution in [0.5, 0.6) is 0 Å². The lowest BCUT2D eigenvalue weighted by Gasteiger charge is -2.29. The number of rotatable bonds is 2. The fourth-order valence-corrected chi connectivity index (χ4v) is 3.00. The third-order valence-corrected chi connectivity index (χ3v) is 4.13. The molecule has 6 heteroatoms. The molecule has 2 aromatic heterocycles. The van der Waals surface area contributed by atoms with Crippen molar-refractivity contribution in [2.45, 2.75) is 32.6 Å². The molecule has 1 aliphatic heterocycles. The lowest BCUT2D eigenvalue weighted by atomic mass is 9.98. The van der Waals surface area contributed by atoms with E-state index >= 15 is 0 Å². The Kier molecular flexibility index (Phi) is 3.10. The van der Waals surface area contributed by atoms with Crippen LogP contribution in [-0.4, -0.2) is 28.2 Å². The fraction of sp³-hybridized carbons (Fsp3) is 0.438. The highest BCUT2D eigenvalue weighted by Gasteiger charge is 2.27. The molecular formula is C16H18N4O2. The summed E-state index contributed by atoms with van der Waals surface area (Å²) in [5.74, 6) is 1.67. The molecule has 0 aliphatic carbocycles. The van der Waals surface area contributed by atoms with E-state index in [1.165, 1.54) is 5.56 Å². The molecule has 0 spiro atoms. The maximum Gasteiger partial charge on any atom is 0.298 e. The molecule has 0 radical (unpaired) electrons. The monoisotopic (exact) mass is 298 g/mol. The lowest BCUT2D eigenvalue weighted by Crippen LogP contribution is -2.34. The van der Waals surface area contributed by atoms with Gasteiger partial charge in [-0.3, -0.25) is 0 Å². The van der Waals surface area contributed by atoms with Gasteiger partial charge in [0.2, 0.25) is 5.89 Å². The van der Waals surface area contributed by atoms with Crippen LogP contribution in [-0.2, 0) is 0 Å². The Morgan fingerprint density at radius 3 is 2.95 bits per heavy atom. The largest absolute Gasteiger partial charge is 0.423 e. The van der Waals surface area contributed by atoms with Crippen molar-refractivity contribution in [2.24, 2.45) is 0 Å². The first-order valence-electron chi connectivity index (χ1n) is 7.61. The molecule has 0 amide bonds. The van der Waals surface area contributed by atoms with Crippen LogP contribution in [0.25, 0.3) is 11.1 Å². The molecule has 3 heterocycles. The molecular weight excluding hydrogens is 280 g/mol. The number of hydrogen-bond donors (Lipinski definition) is 0. The van der Waals surface area contributed by atoms with Gasteiger partial charge in [0, 0.05) is 25.9 Å². The summed E-state index contributed by atoms with van der Waals surface area (Å²) < 4.78 is 11.0. The van der Waals surface area contributed by atoms with Crippen molar-refractivity contribution < 1.29 is 8.94 Å². The molecule has 3 aromatic rings. The topological polar surface area (TPSA) is 68.2 Å². The van der Waals surface area contributed by atoms with Crippen LogP contribution in [0.4, 0.5) is 6.01 Å². The zero-order valence-electron chi connectivity index (χ0n) is 12.7. The number of piperidine rings is 1. The zero-order chi connectivity index (χ0) is 15.1. The van der Waals surface area contributed by atoms with E-state index in [0.717, 1.165) is 42.9 Å². The van der Waals surface area contributed by atoms with Gasteiger partial charge in [0.1, 0.15) is 5.52 Å². The normalized spacial score (nSPS) is 19.0. The molecule has 1 atom stereocenters. The predicted molar refractivity (Wildman–Crippen MR) is 82.0 cm³/mol. The average molecular weight is 298 g/mol. The highest BCUT2D eigenvalue weighted by atomic mass is 16.5. The summed E-state index contributed by atoms with van der Waals surface area (Å²) in [6.45, 7) is 5.63. The second-order valence-electron chi connectivity index (χ2n) is 5.92. The summed E-state index contributed by atoms with van der Waals surface area (Å²) in [4.78, 5) is 11.2. The highest BCUT2D eigenvalue weighted by Crippen LogP contribution is 2.30. The summed E-state index contributed by atoms with van der Waals surface area (Å²) in [5, 5.41) is 4.06. The number of hydrogen-bond acceptors (Lipinski definition) is 6. The molecule has 0 bridgehead atoms. The number of anilines is 1. The van der Waals surface area contributed by atoms with Crippen LogP contribution in [0, 0.1) is 13.8 Å². The van der Waals surface area contributed by atoms with E-state index in [-0.39, 0.29) is 5.92 Å². The maximum atomic E-state index is 5.90. The van der Waals surface area contributed by atoms with Crippen molar-refractivity contribution in [2.75, 3.05) is 18.0 Å². The van der Waals surface area contributed by atoms with Crippen molar-refractivity contribution in [3.05, 3.63) is 35.5 Å². The van der Waals surface area contributed by atoms with Gasteiger partial charge in [0.05, 0.1) is 0 Å². The van der Waals surface area contributed by atoms with E-state index in [4.69, 9.17) is 8.94 Å². The van der Waals surface area contributed by atoms with Gasteiger partial charge in [0.25, 0.3) is 6.01 Å². The highest BCUT2D eigenvalue weighted by molar-refractivity contribution is 5.75. The van der Waals surface area contributed by atoms with E-state index < -0.39 is 0 Å². The van der Waals surface area contributed by atoms with Crippen molar-refractivity contribution >= 4 is 17.1 Å². The second kappa shape index (κ2) is 5.12. The number of oxazole rings is 1. The van der Waals surface area contributed by atoms with Crippen molar-refractivity contribution in [1.82, 2.24) is 15.1 Å². The first-order chi connectivity index (χ1) is 10.7. The maximum absolute atomic E-state index is 5.90. The van der Waals surface area contributed by atoms with Gasteiger partial charge in [-0.25, -0.2) is 0 Å². The molecule has 1 unspecified atom stereocenters. The summed E-state index contributed by atoms with van der Waals surface area (Å²) in [7, 11) is 0. The van der Waals surface area contributed by atoms with E-state index in [2.05, 4.69) is 26.9 Å². The third-order valence-electron chi connectivity index (χ3n) is 4.13. The smallest absolute Gasteiger partial charge is 0.298 e. The molecule has 0 N–H and O–H groups in total. The van der Waals surface area contributed by atoms with Gasteiger partial charge in [-0.15, -0.1) is 0 Å². The molecule has 22 heavy (non-hydrogen) atoms. The van der Waals surface area contributed by atoms with Gasteiger partial charge in [-0.05, 0) is 37.5 Å². The molecule has 1 fully saturated rings. The minimum Gasteiger partial charge on any atom is -0.423 e. The number of fused-ring (bicyclic) bond motifs is 1. The fourth-order valence-electron chi connectivity index (χ4n) is 3.00. The first kappa shape index (κ1) is 13.3. The van der Waals surface area contributed by atoms with Crippen molar-refractivity contribution in [3.63, 3.8) is 0 Å². The second-order valence-corrected chi connectivity index (χ2v) is 5.92. The van der Waals surface area contributed by atoms with Gasteiger partial charge >= 0.3 is 0 Å². The summed E-state index contributed by atoms with van der Waals surface area (Å²) in [5.41, 5.74) is 2.93. The summed E-state index contributed by atoms with van der Waals surface area (Å²) in [6, 6.07) is 6.75. The molecule has 6 nitrogen and oxygen atoms in total. The molecule has 114 valence electrons. The zero-order valence-corrected chi connectivity index (χ0v) is 12.7. The predicted octanol–water partition coefficient (Wildman–Crippen LogP) is 3.21. The Labute approximate surface area is 128 Å². The number of aromatic nitrogens is 3. The molecule has 4 rings (SSSR count). The van der Waals surface area contributed by atoms with Crippen LogP contribution in [0.3, 0.4) is 0 Å². The molecule has 1 aliphatic rings. The number of nitrogens with zero attached hydrogens (tertiary/aromatic N) is 4. The van der Waals surface area contributed by atoms with E-state index in [1.54, 1.807) is 0 Å². The van der Waals surface area contributed by atoms with Crippen LogP contribution in [0.1, 0.15) is 36.0 Å². The van der Waals surface area contributed by atoms with Crippen LogP contribution < -0.4 is 4.90 Å². The molecule has 1 saturated heterocycles. The van der Waals surface area contributed by atoms with Crippen molar-refractivity contribution in [3.8, 4) is 0 Å². The number of aryl methyl sites for hydroxylation is 2. The van der Waals surface area contributed by atoms with Gasteiger partial charge < -0.3 is 13.8 Å². The Balaban J connectivity index is 1.60. The van der Waals surface area contributed by atoms with Gasteiger partial charge in [-0.2, -0.15) is 9.97 Å². The van der Waals surface area contributed by atoms with Crippen LogP contribution >= 0.6 is 0 Å². The number of benzene rings is 1. The summed E-state index contributed by atoms with van der Waals surface area (Å²) in [6.07, 6.45) is 2.13. The standard InChI is InChI=1S/C16H18N4O2/c1-10-5-6-14-13(8-10)18-16(21-14)20-7-3-4-12(9-20)15-17-11(2)22-19-15/h5-6,8,12H,3-4,7,9H2,1-2H3. The lowest BCUT2D eigenvalue weighted by molar-refractivity contribution is 0.375. The van der Waals surface area contributed by atoms with Crippen LogP contribution in [0.2, 0.25) is 0 Å². The Morgan fingerprint density at radius 1 is 1.23 bits per heavy atom. The minimum atomic E-state index is 0.267. The third kappa shape index (κ3) is 2.34.